The van der Waals surface area contributed by atoms with E-state index in [4.69, 9.17) is 9.26 Å². The number of rotatable bonds is 4. The molecule has 0 aromatic carbocycles. The Balaban J connectivity index is 1.40. The van der Waals surface area contributed by atoms with Crippen molar-refractivity contribution in [2.24, 2.45) is 5.92 Å². The fraction of sp³-hybridized carbons (Fsp3) is 0.789. The Bertz CT molecular complexity index is 621. The summed E-state index contributed by atoms with van der Waals surface area (Å²) in [5.74, 6) is 1.78. The molecule has 0 N–H and O–H groups in total. The fourth-order valence-electron chi connectivity index (χ4n) is 4.61. The van der Waals surface area contributed by atoms with E-state index >= 15 is 0 Å². The van der Waals surface area contributed by atoms with Crippen molar-refractivity contribution in [2.75, 3.05) is 52.5 Å². The van der Waals surface area contributed by atoms with Gasteiger partial charge in [-0.15, -0.1) is 0 Å². The maximum Gasteiger partial charge on any atom is 0.237 e. The van der Waals surface area contributed by atoms with Crippen LogP contribution in [-0.2, 0) is 16.1 Å². The molecule has 4 aliphatic heterocycles. The van der Waals surface area contributed by atoms with Gasteiger partial charge in [-0.3, -0.25) is 14.6 Å². The number of fused-ring (bicyclic) bond motifs is 4. The summed E-state index contributed by atoms with van der Waals surface area (Å²) < 4.78 is 10.7. The number of aromatic nitrogens is 1. The predicted molar refractivity (Wildman–Crippen MR) is 96.7 cm³/mol. The van der Waals surface area contributed by atoms with Crippen molar-refractivity contribution < 1.29 is 14.1 Å². The topological polar surface area (TPSA) is 62.1 Å². The van der Waals surface area contributed by atoms with Gasteiger partial charge in [0.25, 0.3) is 0 Å². The third-order valence-electron chi connectivity index (χ3n) is 6.14. The molecule has 7 heteroatoms. The van der Waals surface area contributed by atoms with Gasteiger partial charge in [0.15, 0.2) is 0 Å². The van der Waals surface area contributed by atoms with Crippen molar-refractivity contribution in [3.8, 4) is 0 Å². The number of nitrogens with zero attached hydrogens (tertiary/aromatic N) is 4. The summed E-state index contributed by atoms with van der Waals surface area (Å²) in [5, 5.41) is 4.09. The van der Waals surface area contributed by atoms with E-state index in [0.717, 1.165) is 70.4 Å². The number of hydrogen-bond donors (Lipinski definition) is 0. The largest absolute Gasteiger partial charge is 0.379 e. The van der Waals surface area contributed by atoms with E-state index in [1.807, 2.05) is 13.8 Å². The van der Waals surface area contributed by atoms with E-state index in [1.54, 1.807) is 0 Å². The monoisotopic (exact) mass is 362 g/mol. The Hall–Kier alpha value is -1.44. The van der Waals surface area contributed by atoms with Gasteiger partial charge in [-0.1, -0.05) is 5.16 Å². The Kier molecular flexibility index (Phi) is 5.29. The zero-order valence-corrected chi connectivity index (χ0v) is 15.9. The molecule has 4 saturated heterocycles. The zero-order chi connectivity index (χ0) is 18.1. The van der Waals surface area contributed by atoms with Gasteiger partial charge in [0.2, 0.25) is 5.91 Å². The molecule has 1 aromatic rings. The SMILES string of the molecule is Cc1noc(C)c1CN1C[C@@H]2CC[C@H](C1)N(C(=O)CN1CCOCC1)C2. The lowest BCUT2D eigenvalue weighted by molar-refractivity contribution is -0.137. The Morgan fingerprint density at radius 3 is 2.65 bits per heavy atom. The minimum absolute atomic E-state index is 0.292. The third-order valence-corrected chi connectivity index (χ3v) is 6.14. The fourth-order valence-corrected chi connectivity index (χ4v) is 4.61. The molecule has 2 atom stereocenters. The van der Waals surface area contributed by atoms with Crippen LogP contribution in [0.4, 0.5) is 0 Å². The molecule has 5 rings (SSSR count). The van der Waals surface area contributed by atoms with Crippen LogP contribution < -0.4 is 0 Å². The van der Waals surface area contributed by atoms with Crippen LogP contribution in [0.3, 0.4) is 0 Å². The average Bonchev–Trinajstić information content (AvgIpc) is 2.83. The summed E-state index contributed by atoms with van der Waals surface area (Å²) in [4.78, 5) is 19.8. The van der Waals surface area contributed by atoms with Gasteiger partial charge in [-0.05, 0) is 32.6 Å². The molecule has 0 spiro atoms. The van der Waals surface area contributed by atoms with Gasteiger partial charge < -0.3 is 14.2 Å². The van der Waals surface area contributed by atoms with Crippen LogP contribution in [0.2, 0.25) is 0 Å². The van der Waals surface area contributed by atoms with Crippen LogP contribution in [0.15, 0.2) is 4.52 Å². The Morgan fingerprint density at radius 2 is 1.92 bits per heavy atom. The highest BCUT2D eigenvalue weighted by atomic mass is 16.5. The molecule has 1 aromatic heterocycles. The maximum atomic E-state index is 12.9. The van der Waals surface area contributed by atoms with Gasteiger partial charge in [-0.25, -0.2) is 0 Å². The lowest BCUT2D eigenvalue weighted by atomic mass is 9.95. The van der Waals surface area contributed by atoms with Crippen molar-refractivity contribution >= 4 is 5.91 Å². The molecule has 26 heavy (non-hydrogen) atoms. The number of piperidine rings is 1. The smallest absolute Gasteiger partial charge is 0.237 e. The molecule has 7 nitrogen and oxygen atoms in total. The predicted octanol–water partition coefficient (Wildman–Crippen LogP) is 1.05. The van der Waals surface area contributed by atoms with Gasteiger partial charge in [0.1, 0.15) is 5.76 Å². The highest BCUT2D eigenvalue weighted by molar-refractivity contribution is 5.78. The third kappa shape index (κ3) is 3.80. The van der Waals surface area contributed by atoms with E-state index in [2.05, 4.69) is 19.9 Å². The molecular formula is C19H30N4O3. The Morgan fingerprint density at radius 1 is 1.12 bits per heavy atom. The Labute approximate surface area is 155 Å². The summed E-state index contributed by atoms with van der Waals surface area (Å²) in [7, 11) is 0. The summed E-state index contributed by atoms with van der Waals surface area (Å²) in [6.07, 6.45) is 2.35. The number of carbonyl (C=O) groups excluding carboxylic acids is 1. The number of hydrogen-bond acceptors (Lipinski definition) is 6. The van der Waals surface area contributed by atoms with E-state index < -0.39 is 0 Å². The van der Waals surface area contributed by atoms with E-state index in [-0.39, 0.29) is 0 Å². The second kappa shape index (κ2) is 7.66. The number of morpholine rings is 1. The number of amides is 1. The molecular weight excluding hydrogens is 332 g/mol. The standard InChI is InChI=1S/C19H30N4O3/c1-14-18(15(2)26-20-14)12-22-9-16-3-4-17(11-22)23(10-16)19(24)13-21-5-7-25-8-6-21/h16-17H,3-13H2,1-2H3/t16-,17+/m0/s1. The van der Waals surface area contributed by atoms with Gasteiger partial charge in [-0.2, -0.15) is 0 Å². The minimum Gasteiger partial charge on any atom is -0.379 e. The first-order chi connectivity index (χ1) is 12.6. The van der Waals surface area contributed by atoms with E-state index in [0.29, 0.717) is 24.4 Å². The average molecular weight is 362 g/mol. The van der Waals surface area contributed by atoms with Crippen molar-refractivity contribution in [1.29, 1.82) is 0 Å². The first-order valence-electron chi connectivity index (χ1n) is 9.84. The molecule has 4 aliphatic rings. The zero-order valence-electron chi connectivity index (χ0n) is 15.9. The number of aryl methyl sites for hydroxylation is 2. The second-order valence-electron chi connectivity index (χ2n) is 8.03. The van der Waals surface area contributed by atoms with Gasteiger partial charge in [0, 0.05) is 50.9 Å². The van der Waals surface area contributed by atoms with Crippen LogP contribution in [0.1, 0.15) is 29.9 Å². The van der Waals surface area contributed by atoms with Crippen molar-refractivity contribution in [2.45, 2.75) is 39.3 Å². The highest BCUT2D eigenvalue weighted by Crippen LogP contribution is 2.29. The minimum atomic E-state index is 0.292. The van der Waals surface area contributed by atoms with Crippen molar-refractivity contribution in [3.63, 3.8) is 0 Å². The van der Waals surface area contributed by atoms with E-state index in [1.165, 1.54) is 12.0 Å². The molecule has 0 aliphatic carbocycles. The molecule has 0 radical (unpaired) electrons. The van der Waals surface area contributed by atoms with Crippen LogP contribution in [0.5, 0.6) is 0 Å². The van der Waals surface area contributed by atoms with Crippen LogP contribution in [-0.4, -0.2) is 84.3 Å². The normalized spacial score (nSPS) is 27.7. The van der Waals surface area contributed by atoms with E-state index in [9.17, 15) is 4.79 Å². The number of carbonyl (C=O) groups is 1. The van der Waals surface area contributed by atoms with Crippen molar-refractivity contribution in [3.05, 3.63) is 17.0 Å². The molecule has 1 amide bonds. The van der Waals surface area contributed by atoms with Crippen LogP contribution >= 0.6 is 0 Å². The first kappa shape index (κ1) is 17.9. The first-order valence-corrected chi connectivity index (χ1v) is 9.84. The molecule has 4 fully saturated rings. The number of ether oxygens (including phenoxy) is 1. The quantitative estimate of drug-likeness (QED) is 0.798. The second-order valence-corrected chi connectivity index (χ2v) is 8.03. The van der Waals surface area contributed by atoms with Crippen LogP contribution in [0.25, 0.3) is 0 Å². The summed E-state index contributed by atoms with van der Waals surface area (Å²) >= 11 is 0. The summed E-state index contributed by atoms with van der Waals surface area (Å²) in [6.45, 7) is 11.5. The lowest BCUT2D eigenvalue weighted by Gasteiger charge is -2.38. The van der Waals surface area contributed by atoms with Gasteiger partial charge >= 0.3 is 0 Å². The van der Waals surface area contributed by atoms with Crippen molar-refractivity contribution in [1.82, 2.24) is 19.9 Å². The molecule has 5 heterocycles. The maximum absolute atomic E-state index is 12.9. The summed E-state index contributed by atoms with van der Waals surface area (Å²) in [5.41, 5.74) is 2.19. The van der Waals surface area contributed by atoms with Crippen LogP contribution in [0, 0.1) is 19.8 Å². The molecule has 144 valence electrons. The van der Waals surface area contributed by atoms with Gasteiger partial charge in [0.05, 0.1) is 25.5 Å². The molecule has 0 unspecified atom stereocenters. The summed E-state index contributed by atoms with van der Waals surface area (Å²) in [6, 6.07) is 0.336. The molecule has 0 saturated carbocycles. The lowest BCUT2D eigenvalue weighted by Crippen LogP contribution is -2.52. The highest BCUT2D eigenvalue weighted by Gasteiger charge is 2.37. The molecule has 2 bridgehead atoms.